The van der Waals surface area contributed by atoms with E-state index in [1.165, 1.54) is 12.1 Å². The number of methoxy groups -OCH3 is 1. The molecule has 3 unspecified atom stereocenters. The Morgan fingerprint density at radius 1 is 1.37 bits per heavy atom. The zero-order valence-corrected chi connectivity index (χ0v) is 11.7. The minimum atomic E-state index is -0.573. The fourth-order valence-electron chi connectivity index (χ4n) is 2.31. The molecule has 3 N–H and O–H groups in total. The molecule has 4 nitrogen and oxygen atoms in total. The van der Waals surface area contributed by atoms with Crippen molar-refractivity contribution in [3.05, 3.63) is 35.6 Å². The fourth-order valence-corrected chi connectivity index (χ4v) is 2.31. The van der Waals surface area contributed by atoms with Gasteiger partial charge in [0.05, 0.1) is 12.7 Å². The number of aliphatic hydroxyl groups excluding tert-OH is 1. The summed E-state index contributed by atoms with van der Waals surface area (Å²) < 4.78 is 17.9. The number of rotatable bonds is 7. The van der Waals surface area contributed by atoms with Gasteiger partial charge in [-0.1, -0.05) is 12.1 Å². The van der Waals surface area contributed by atoms with E-state index in [-0.39, 0.29) is 24.5 Å². The van der Waals surface area contributed by atoms with E-state index in [1.54, 1.807) is 19.2 Å². The van der Waals surface area contributed by atoms with Gasteiger partial charge in [0.25, 0.3) is 0 Å². The Balaban J connectivity index is 2.79. The highest BCUT2D eigenvalue weighted by atomic mass is 19.1. The maximum Gasteiger partial charge on any atom is 0.123 e. The first kappa shape index (κ1) is 16.0. The summed E-state index contributed by atoms with van der Waals surface area (Å²) in [4.78, 5) is 1.96. The molecule has 0 aliphatic carbocycles. The quantitative estimate of drug-likeness (QED) is 0.780. The number of benzene rings is 1. The van der Waals surface area contributed by atoms with Gasteiger partial charge in [0.1, 0.15) is 5.82 Å². The second-order valence-electron chi connectivity index (χ2n) is 4.90. The van der Waals surface area contributed by atoms with Crippen molar-refractivity contribution in [2.45, 2.75) is 25.1 Å². The Morgan fingerprint density at radius 3 is 2.42 bits per heavy atom. The third-order valence-electron chi connectivity index (χ3n) is 3.04. The van der Waals surface area contributed by atoms with Crippen molar-refractivity contribution in [2.24, 2.45) is 5.73 Å². The van der Waals surface area contributed by atoms with Gasteiger partial charge in [0, 0.05) is 25.7 Å². The first-order valence-corrected chi connectivity index (χ1v) is 6.34. The molecule has 0 saturated carbocycles. The summed E-state index contributed by atoms with van der Waals surface area (Å²) in [5.74, 6) is -0.269. The minimum Gasteiger partial charge on any atom is -0.389 e. The molecule has 0 aliphatic rings. The van der Waals surface area contributed by atoms with Crippen LogP contribution in [-0.2, 0) is 4.74 Å². The monoisotopic (exact) mass is 270 g/mol. The maximum absolute atomic E-state index is 13.0. The summed E-state index contributed by atoms with van der Waals surface area (Å²) in [6.07, 6.45) is -0.573. The molecule has 0 radical (unpaired) electrons. The van der Waals surface area contributed by atoms with Crippen molar-refractivity contribution in [3.63, 3.8) is 0 Å². The predicted molar refractivity (Wildman–Crippen MR) is 73.3 cm³/mol. The van der Waals surface area contributed by atoms with E-state index in [0.29, 0.717) is 6.54 Å². The van der Waals surface area contributed by atoms with Crippen LogP contribution in [0.1, 0.15) is 18.5 Å². The lowest BCUT2D eigenvalue weighted by Gasteiger charge is -2.32. The molecular formula is C14H23FN2O2. The van der Waals surface area contributed by atoms with Crippen LogP contribution in [0, 0.1) is 5.82 Å². The van der Waals surface area contributed by atoms with Gasteiger partial charge in [-0.2, -0.15) is 0 Å². The average Bonchev–Trinajstić information content (AvgIpc) is 2.31. The van der Waals surface area contributed by atoms with Crippen LogP contribution in [0.15, 0.2) is 24.3 Å². The third-order valence-corrected chi connectivity index (χ3v) is 3.04. The molecule has 1 aromatic carbocycles. The molecule has 0 aromatic heterocycles. The summed E-state index contributed by atoms with van der Waals surface area (Å²) in [6.45, 7) is 2.62. The molecule has 5 heteroatoms. The highest BCUT2D eigenvalue weighted by Gasteiger charge is 2.23. The zero-order valence-electron chi connectivity index (χ0n) is 11.7. The molecule has 0 spiro atoms. The van der Waals surface area contributed by atoms with Gasteiger partial charge in [-0.25, -0.2) is 4.39 Å². The Hall–Kier alpha value is -1.01. The Kier molecular flexibility index (Phi) is 6.37. The fraction of sp³-hybridized carbons (Fsp3) is 0.571. The summed E-state index contributed by atoms with van der Waals surface area (Å²) in [5.41, 5.74) is 6.94. The molecule has 1 aromatic rings. The Morgan fingerprint density at radius 2 is 1.95 bits per heavy atom. The third kappa shape index (κ3) is 4.87. The van der Waals surface area contributed by atoms with Gasteiger partial charge in [0.15, 0.2) is 0 Å². The molecule has 1 rings (SSSR count). The SMILES string of the molecule is COCC(O)CN(C)C(c1ccc(F)cc1)C(C)N. The van der Waals surface area contributed by atoms with Gasteiger partial charge >= 0.3 is 0 Å². The van der Waals surface area contributed by atoms with Crippen LogP contribution < -0.4 is 5.73 Å². The predicted octanol–water partition coefficient (Wildman–Crippen LogP) is 1.15. The van der Waals surface area contributed by atoms with E-state index in [4.69, 9.17) is 10.5 Å². The van der Waals surface area contributed by atoms with Crippen LogP contribution in [-0.4, -0.2) is 49.5 Å². The normalized spacial score (nSPS) is 16.4. The molecule has 0 fully saturated rings. The summed E-state index contributed by atoms with van der Waals surface area (Å²) in [6, 6.07) is 6.08. The summed E-state index contributed by atoms with van der Waals surface area (Å²) in [7, 11) is 3.43. The van der Waals surface area contributed by atoms with Gasteiger partial charge < -0.3 is 15.6 Å². The van der Waals surface area contributed by atoms with Crippen molar-refractivity contribution in [1.82, 2.24) is 4.90 Å². The van der Waals surface area contributed by atoms with Crippen LogP contribution in [0.4, 0.5) is 4.39 Å². The van der Waals surface area contributed by atoms with Crippen molar-refractivity contribution < 1.29 is 14.2 Å². The summed E-state index contributed by atoms with van der Waals surface area (Å²) >= 11 is 0. The van der Waals surface area contributed by atoms with Crippen molar-refractivity contribution in [3.8, 4) is 0 Å². The smallest absolute Gasteiger partial charge is 0.123 e. The van der Waals surface area contributed by atoms with Crippen LogP contribution in [0.3, 0.4) is 0 Å². The minimum absolute atomic E-state index is 0.0768. The topological polar surface area (TPSA) is 58.7 Å². The molecule has 0 aliphatic heterocycles. The molecule has 3 atom stereocenters. The first-order valence-electron chi connectivity index (χ1n) is 6.34. The van der Waals surface area contributed by atoms with E-state index in [0.717, 1.165) is 5.56 Å². The van der Waals surface area contributed by atoms with Gasteiger partial charge in [-0.05, 0) is 31.7 Å². The number of nitrogens with two attached hydrogens (primary N) is 1. The molecule has 0 amide bonds. The lowest BCUT2D eigenvalue weighted by atomic mass is 9.99. The number of halogens is 1. The number of aliphatic hydroxyl groups is 1. The van der Waals surface area contributed by atoms with Crippen molar-refractivity contribution in [2.75, 3.05) is 27.3 Å². The molecule has 19 heavy (non-hydrogen) atoms. The van der Waals surface area contributed by atoms with Crippen molar-refractivity contribution >= 4 is 0 Å². The second-order valence-corrected chi connectivity index (χ2v) is 4.90. The van der Waals surface area contributed by atoms with E-state index in [9.17, 15) is 9.50 Å². The van der Waals surface area contributed by atoms with Gasteiger partial charge in [0.2, 0.25) is 0 Å². The number of hydrogen-bond acceptors (Lipinski definition) is 4. The molecular weight excluding hydrogens is 247 g/mol. The summed E-state index contributed by atoms with van der Waals surface area (Å²) in [5, 5.41) is 9.77. The lowest BCUT2D eigenvalue weighted by Crippen LogP contribution is -2.41. The standard InChI is InChI=1S/C14H23FN2O2/c1-10(16)14(11-4-6-12(15)7-5-11)17(2)8-13(18)9-19-3/h4-7,10,13-14,18H,8-9,16H2,1-3H3. The highest BCUT2D eigenvalue weighted by Crippen LogP contribution is 2.22. The van der Waals surface area contributed by atoms with Crippen molar-refractivity contribution in [1.29, 1.82) is 0 Å². The number of ether oxygens (including phenoxy) is 1. The first-order chi connectivity index (χ1) is 8.95. The lowest BCUT2D eigenvalue weighted by molar-refractivity contribution is 0.0317. The highest BCUT2D eigenvalue weighted by molar-refractivity contribution is 5.21. The molecule has 0 heterocycles. The van der Waals surface area contributed by atoms with E-state index in [2.05, 4.69) is 0 Å². The molecule has 0 saturated heterocycles. The van der Waals surface area contributed by atoms with E-state index >= 15 is 0 Å². The van der Waals surface area contributed by atoms with Crippen LogP contribution >= 0.6 is 0 Å². The number of likely N-dealkylation sites (N-methyl/N-ethyl adjacent to an activating group) is 1. The number of nitrogens with zero attached hydrogens (tertiary/aromatic N) is 1. The van der Waals surface area contributed by atoms with Gasteiger partial charge in [-0.15, -0.1) is 0 Å². The number of hydrogen-bond donors (Lipinski definition) is 2. The van der Waals surface area contributed by atoms with Crippen LogP contribution in [0.25, 0.3) is 0 Å². The largest absolute Gasteiger partial charge is 0.389 e. The molecule has 0 bridgehead atoms. The van der Waals surface area contributed by atoms with E-state index in [1.807, 2.05) is 18.9 Å². The van der Waals surface area contributed by atoms with E-state index < -0.39 is 6.10 Å². The molecule has 108 valence electrons. The van der Waals surface area contributed by atoms with Crippen LogP contribution in [0.2, 0.25) is 0 Å². The average molecular weight is 270 g/mol. The Bertz CT molecular complexity index is 370. The Labute approximate surface area is 114 Å². The second kappa shape index (κ2) is 7.55. The zero-order chi connectivity index (χ0) is 14.4. The van der Waals surface area contributed by atoms with Gasteiger partial charge in [-0.3, -0.25) is 4.90 Å². The van der Waals surface area contributed by atoms with Crippen LogP contribution in [0.5, 0.6) is 0 Å². The maximum atomic E-state index is 13.0.